The predicted octanol–water partition coefficient (Wildman–Crippen LogP) is 2.73. The van der Waals surface area contributed by atoms with Gasteiger partial charge >= 0.3 is 5.97 Å². The highest BCUT2D eigenvalue weighted by Gasteiger charge is 2.10. The van der Waals surface area contributed by atoms with Gasteiger partial charge in [-0.3, -0.25) is 0 Å². The van der Waals surface area contributed by atoms with Crippen LogP contribution in [0.15, 0.2) is 24.3 Å². The van der Waals surface area contributed by atoms with Crippen molar-refractivity contribution in [1.29, 1.82) is 0 Å². The normalized spacial score (nSPS) is 9.74. The maximum atomic E-state index is 11.6. The number of phenolic OH excluding ortho intramolecular Hbond substituents is 1. The highest BCUT2D eigenvalue weighted by Crippen LogP contribution is 2.16. The van der Waals surface area contributed by atoms with Gasteiger partial charge in [0.1, 0.15) is 11.3 Å². The molecule has 0 atom stereocenters. The highest BCUT2D eigenvalue weighted by molar-refractivity contribution is 5.92. The quantitative estimate of drug-likeness (QED) is 0.452. The maximum absolute atomic E-state index is 11.6. The average molecular weight is 280 g/mol. The van der Waals surface area contributed by atoms with Gasteiger partial charge < -0.3 is 9.84 Å². The Kier molecular flexibility index (Phi) is 10.3. The molecule has 1 aromatic rings. The molecule has 1 N–H and O–H groups in total. The van der Waals surface area contributed by atoms with Crippen LogP contribution in [-0.4, -0.2) is 35.0 Å². The third-order valence-electron chi connectivity index (χ3n) is 2.86. The molecular weight excluding hydrogens is 255 g/mol. The number of esters is 1. The lowest BCUT2D eigenvalue weighted by molar-refractivity contribution is 0.0494. The van der Waals surface area contributed by atoms with Crippen LogP contribution in [0.3, 0.4) is 0 Å². The summed E-state index contributed by atoms with van der Waals surface area (Å²) in [5, 5.41) is 9.48. The summed E-state index contributed by atoms with van der Waals surface area (Å²) >= 11 is 0. The molecule has 106 valence electrons. The van der Waals surface area contributed by atoms with E-state index < -0.39 is 5.97 Å². The minimum absolute atomic E-state index is 0. The first-order valence-corrected chi connectivity index (χ1v) is 6.70. The van der Waals surface area contributed by atoms with Gasteiger partial charge in [0.2, 0.25) is 0 Å². The number of rotatable bonds is 8. The summed E-state index contributed by atoms with van der Waals surface area (Å²) in [4.78, 5) is 11.6. The second-order valence-electron chi connectivity index (χ2n) is 4.42. The van der Waals surface area contributed by atoms with Crippen molar-refractivity contribution < 1.29 is 14.6 Å². The van der Waals surface area contributed by atoms with E-state index in [1.807, 2.05) is 0 Å². The van der Waals surface area contributed by atoms with Crippen LogP contribution in [0.1, 0.15) is 55.8 Å². The molecular formula is C15H25AlO3. The number of ether oxygens (including phenoxy) is 1. The fraction of sp³-hybridized carbons (Fsp3) is 0.533. The number of carbonyl (C=O) groups excluding carboxylic acids is 1. The lowest BCUT2D eigenvalue weighted by atomic mass is 10.1. The zero-order valence-electron chi connectivity index (χ0n) is 11.0. The van der Waals surface area contributed by atoms with Crippen LogP contribution in [0.5, 0.6) is 5.75 Å². The average Bonchev–Trinajstić information content (AvgIpc) is 2.38. The Labute approximate surface area is 126 Å². The molecule has 0 fully saturated rings. The van der Waals surface area contributed by atoms with Gasteiger partial charge in [0.15, 0.2) is 17.4 Å². The van der Waals surface area contributed by atoms with Gasteiger partial charge in [-0.05, 0) is 18.6 Å². The molecule has 0 saturated heterocycles. The molecule has 0 radical (unpaired) electrons. The molecule has 0 aromatic heterocycles. The Hall–Kier alpha value is -0.978. The van der Waals surface area contributed by atoms with Crippen LogP contribution in [0.2, 0.25) is 0 Å². The number of carbonyl (C=O) groups is 1. The molecule has 0 aliphatic carbocycles. The third-order valence-corrected chi connectivity index (χ3v) is 2.86. The maximum Gasteiger partial charge on any atom is 0.341 e. The second kappa shape index (κ2) is 10.9. The van der Waals surface area contributed by atoms with Crippen molar-refractivity contribution >= 4 is 23.3 Å². The molecule has 0 aliphatic rings. The summed E-state index contributed by atoms with van der Waals surface area (Å²) < 4.78 is 5.12. The van der Waals surface area contributed by atoms with Gasteiger partial charge in [-0.25, -0.2) is 4.79 Å². The minimum atomic E-state index is -0.443. The third kappa shape index (κ3) is 7.25. The topological polar surface area (TPSA) is 46.5 Å². The van der Waals surface area contributed by atoms with E-state index in [1.54, 1.807) is 18.2 Å². The van der Waals surface area contributed by atoms with Crippen molar-refractivity contribution in [3.05, 3.63) is 29.8 Å². The van der Waals surface area contributed by atoms with Gasteiger partial charge in [0.25, 0.3) is 0 Å². The van der Waals surface area contributed by atoms with E-state index in [4.69, 9.17) is 4.74 Å². The molecule has 19 heavy (non-hydrogen) atoms. The van der Waals surface area contributed by atoms with E-state index in [0.717, 1.165) is 12.8 Å². The molecule has 0 unspecified atom stereocenters. The van der Waals surface area contributed by atoms with Crippen molar-refractivity contribution in [3.8, 4) is 5.75 Å². The first-order valence-electron chi connectivity index (χ1n) is 6.70. The van der Waals surface area contributed by atoms with Gasteiger partial charge in [0, 0.05) is 0 Å². The summed E-state index contributed by atoms with van der Waals surface area (Å²) in [7, 11) is 0. The monoisotopic (exact) mass is 280 g/mol. The van der Waals surface area contributed by atoms with Crippen LogP contribution in [0.25, 0.3) is 0 Å². The van der Waals surface area contributed by atoms with E-state index in [0.29, 0.717) is 6.61 Å². The number of unbranched alkanes of at least 4 members (excludes halogenated alkanes) is 5. The Bertz CT molecular complexity index is 366. The molecule has 0 spiro atoms. The van der Waals surface area contributed by atoms with E-state index in [-0.39, 0.29) is 28.7 Å². The standard InChI is InChI=1S/C15H22O3.Al.3H/c1-2-3-4-5-6-9-12-18-15(17)13-10-7-8-11-14(13)16;;;;/h7-8,10-11,16H,2-6,9,12H2,1H3;;;;. The molecule has 0 heterocycles. The van der Waals surface area contributed by atoms with E-state index >= 15 is 0 Å². The number of hydrogen-bond acceptors (Lipinski definition) is 3. The molecule has 4 heteroatoms. The van der Waals surface area contributed by atoms with Gasteiger partial charge in [-0.1, -0.05) is 51.2 Å². The largest absolute Gasteiger partial charge is 0.507 e. The van der Waals surface area contributed by atoms with Crippen LogP contribution >= 0.6 is 0 Å². The number of aromatic hydroxyl groups is 1. The number of para-hydroxylation sites is 1. The molecule has 0 amide bonds. The van der Waals surface area contributed by atoms with Crippen molar-refractivity contribution in [1.82, 2.24) is 0 Å². The van der Waals surface area contributed by atoms with Gasteiger partial charge in [0.05, 0.1) is 6.61 Å². The second-order valence-corrected chi connectivity index (χ2v) is 4.42. The van der Waals surface area contributed by atoms with Gasteiger partial charge in [-0.15, -0.1) is 0 Å². The summed E-state index contributed by atoms with van der Waals surface area (Å²) in [5.41, 5.74) is 0.239. The van der Waals surface area contributed by atoms with E-state index in [9.17, 15) is 9.90 Å². The van der Waals surface area contributed by atoms with Crippen LogP contribution in [0.4, 0.5) is 0 Å². The van der Waals surface area contributed by atoms with Crippen molar-refractivity contribution in [2.45, 2.75) is 45.4 Å². The highest BCUT2D eigenvalue weighted by atomic mass is 27.0. The molecule has 3 nitrogen and oxygen atoms in total. The Morgan fingerprint density at radius 2 is 1.74 bits per heavy atom. The number of phenols is 1. The van der Waals surface area contributed by atoms with Crippen LogP contribution < -0.4 is 0 Å². The van der Waals surface area contributed by atoms with Crippen molar-refractivity contribution in [2.75, 3.05) is 6.61 Å². The summed E-state index contributed by atoms with van der Waals surface area (Å²) in [5.74, 6) is -0.466. The lowest BCUT2D eigenvalue weighted by Gasteiger charge is -2.06. The zero-order valence-corrected chi connectivity index (χ0v) is 11.0. The van der Waals surface area contributed by atoms with Crippen LogP contribution in [0, 0.1) is 0 Å². The number of hydrogen-bond donors (Lipinski definition) is 1. The van der Waals surface area contributed by atoms with E-state index in [2.05, 4.69) is 6.92 Å². The van der Waals surface area contributed by atoms with Gasteiger partial charge in [-0.2, -0.15) is 0 Å². The van der Waals surface area contributed by atoms with Crippen molar-refractivity contribution in [2.24, 2.45) is 0 Å². The lowest BCUT2D eigenvalue weighted by Crippen LogP contribution is -2.06. The molecule has 1 aromatic carbocycles. The molecule has 1 rings (SSSR count). The number of benzene rings is 1. The SMILES string of the molecule is CCCCCCCCOC(=O)c1ccccc1O.[AlH3]. The molecule has 0 saturated carbocycles. The fourth-order valence-electron chi connectivity index (χ4n) is 1.77. The Morgan fingerprint density at radius 1 is 1.11 bits per heavy atom. The summed E-state index contributed by atoms with van der Waals surface area (Å²) in [6, 6.07) is 6.45. The predicted molar refractivity (Wildman–Crippen MR) is 81.7 cm³/mol. The van der Waals surface area contributed by atoms with E-state index in [1.165, 1.54) is 31.7 Å². The fourth-order valence-corrected chi connectivity index (χ4v) is 1.77. The summed E-state index contributed by atoms with van der Waals surface area (Å²) in [6.45, 7) is 2.62. The molecule has 0 bridgehead atoms. The Morgan fingerprint density at radius 3 is 2.42 bits per heavy atom. The first kappa shape index (κ1) is 18.0. The van der Waals surface area contributed by atoms with Crippen LogP contribution in [-0.2, 0) is 4.74 Å². The smallest absolute Gasteiger partial charge is 0.341 e. The first-order chi connectivity index (χ1) is 8.75. The minimum Gasteiger partial charge on any atom is -0.507 e. The summed E-state index contributed by atoms with van der Waals surface area (Å²) in [6.07, 6.45) is 6.95. The molecule has 0 aliphatic heterocycles. The zero-order chi connectivity index (χ0) is 13.2. The Balaban J connectivity index is 0.00000324. The van der Waals surface area contributed by atoms with Crippen molar-refractivity contribution in [3.63, 3.8) is 0 Å².